The summed E-state index contributed by atoms with van der Waals surface area (Å²) in [7, 11) is 0. The monoisotopic (exact) mass is 341 g/mol. The number of ether oxygens (including phenoxy) is 1. The van der Waals surface area contributed by atoms with E-state index in [1.165, 1.54) is 0 Å². The van der Waals surface area contributed by atoms with Gasteiger partial charge in [-0.05, 0) is 32.4 Å². The number of benzene rings is 1. The average Bonchev–Trinajstić information content (AvgIpc) is 2.61. The number of hydrogen-bond acceptors (Lipinski definition) is 5. The van der Waals surface area contributed by atoms with Crippen LogP contribution in [0.25, 0.3) is 0 Å². The van der Waals surface area contributed by atoms with Crippen molar-refractivity contribution in [3.63, 3.8) is 0 Å². The minimum absolute atomic E-state index is 0.303. The number of nitrogens with zero attached hydrogens (tertiary/aromatic N) is 3. The Morgan fingerprint density at radius 2 is 1.68 bits per heavy atom. The Kier molecular flexibility index (Phi) is 5.14. The molecule has 1 aromatic heterocycles. The SMILES string of the molecule is Cc1ccccc1NC(=O)Nc1c(C)nc(N2CCOCC2)nc1C. The number of morpholine rings is 1. The van der Waals surface area contributed by atoms with E-state index in [9.17, 15) is 4.79 Å². The molecule has 0 aliphatic carbocycles. The van der Waals surface area contributed by atoms with E-state index in [0.717, 1.165) is 35.7 Å². The molecule has 0 unspecified atom stereocenters. The Morgan fingerprint density at radius 1 is 1.04 bits per heavy atom. The van der Waals surface area contributed by atoms with Gasteiger partial charge in [0, 0.05) is 18.8 Å². The van der Waals surface area contributed by atoms with Crippen molar-refractivity contribution in [2.24, 2.45) is 0 Å². The summed E-state index contributed by atoms with van der Waals surface area (Å²) >= 11 is 0. The zero-order valence-electron chi connectivity index (χ0n) is 14.8. The van der Waals surface area contributed by atoms with Crippen LogP contribution in [0.5, 0.6) is 0 Å². The number of aromatic nitrogens is 2. The Morgan fingerprint density at radius 3 is 2.32 bits per heavy atom. The molecule has 3 rings (SSSR count). The topological polar surface area (TPSA) is 79.4 Å². The lowest BCUT2D eigenvalue weighted by Gasteiger charge is -2.27. The molecule has 2 N–H and O–H groups in total. The van der Waals surface area contributed by atoms with Crippen LogP contribution < -0.4 is 15.5 Å². The number of aryl methyl sites for hydroxylation is 3. The van der Waals surface area contributed by atoms with Crippen molar-refractivity contribution in [2.45, 2.75) is 20.8 Å². The number of rotatable bonds is 3. The van der Waals surface area contributed by atoms with Gasteiger partial charge in [0.25, 0.3) is 0 Å². The van der Waals surface area contributed by atoms with Crippen molar-refractivity contribution < 1.29 is 9.53 Å². The fourth-order valence-corrected chi connectivity index (χ4v) is 2.76. The third-order valence-electron chi connectivity index (χ3n) is 4.18. The molecule has 7 nitrogen and oxygen atoms in total. The quantitative estimate of drug-likeness (QED) is 0.897. The molecule has 1 aromatic carbocycles. The number of hydrogen-bond donors (Lipinski definition) is 2. The third-order valence-corrected chi connectivity index (χ3v) is 4.18. The van der Waals surface area contributed by atoms with Gasteiger partial charge >= 0.3 is 6.03 Å². The zero-order valence-corrected chi connectivity index (χ0v) is 14.8. The van der Waals surface area contributed by atoms with Gasteiger partial charge in [0.15, 0.2) is 0 Å². The van der Waals surface area contributed by atoms with Crippen molar-refractivity contribution in [2.75, 3.05) is 41.8 Å². The summed E-state index contributed by atoms with van der Waals surface area (Å²) in [6.45, 7) is 8.62. The molecule has 0 atom stereocenters. The molecule has 0 bridgehead atoms. The van der Waals surface area contributed by atoms with E-state index < -0.39 is 0 Å². The second kappa shape index (κ2) is 7.48. The summed E-state index contributed by atoms with van der Waals surface area (Å²) < 4.78 is 5.36. The number of carbonyl (C=O) groups is 1. The first-order chi connectivity index (χ1) is 12.0. The minimum Gasteiger partial charge on any atom is -0.378 e. The minimum atomic E-state index is -0.303. The molecule has 25 heavy (non-hydrogen) atoms. The van der Waals surface area contributed by atoms with Crippen molar-refractivity contribution in [3.8, 4) is 0 Å². The molecule has 2 aromatic rings. The van der Waals surface area contributed by atoms with Gasteiger partial charge in [-0.1, -0.05) is 18.2 Å². The highest BCUT2D eigenvalue weighted by atomic mass is 16.5. The van der Waals surface area contributed by atoms with Crippen LogP contribution in [0.2, 0.25) is 0 Å². The average molecular weight is 341 g/mol. The van der Waals surface area contributed by atoms with Crippen LogP contribution in [-0.4, -0.2) is 42.3 Å². The van der Waals surface area contributed by atoms with E-state index in [4.69, 9.17) is 4.74 Å². The van der Waals surface area contributed by atoms with Crippen molar-refractivity contribution in [1.29, 1.82) is 0 Å². The van der Waals surface area contributed by atoms with Crippen LogP contribution in [-0.2, 0) is 4.74 Å². The van der Waals surface area contributed by atoms with Gasteiger partial charge in [0.1, 0.15) is 0 Å². The first-order valence-corrected chi connectivity index (χ1v) is 8.36. The van der Waals surface area contributed by atoms with E-state index >= 15 is 0 Å². The molecule has 1 aliphatic heterocycles. The first-order valence-electron chi connectivity index (χ1n) is 8.36. The van der Waals surface area contributed by atoms with Crippen LogP contribution >= 0.6 is 0 Å². The number of anilines is 3. The molecular weight excluding hydrogens is 318 g/mol. The van der Waals surface area contributed by atoms with Gasteiger partial charge in [0.2, 0.25) is 5.95 Å². The Labute approximate surface area is 147 Å². The first kappa shape index (κ1) is 17.2. The summed E-state index contributed by atoms with van der Waals surface area (Å²) in [5.41, 5.74) is 3.91. The highest BCUT2D eigenvalue weighted by molar-refractivity contribution is 6.00. The van der Waals surface area contributed by atoms with E-state index in [1.807, 2.05) is 45.0 Å². The number of carbonyl (C=O) groups excluding carboxylic acids is 1. The molecule has 1 saturated heterocycles. The van der Waals surface area contributed by atoms with E-state index in [2.05, 4.69) is 25.5 Å². The molecule has 2 amide bonds. The van der Waals surface area contributed by atoms with E-state index in [0.29, 0.717) is 24.8 Å². The van der Waals surface area contributed by atoms with Crippen LogP contribution in [0.1, 0.15) is 17.0 Å². The summed E-state index contributed by atoms with van der Waals surface area (Å²) in [6, 6.07) is 7.34. The van der Waals surface area contributed by atoms with Crippen LogP contribution in [0, 0.1) is 20.8 Å². The molecule has 7 heteroatoms. The standard InChI is InChI=1S/C18H23N5O2/c1-12-6-4-5-7-15(12)21-18(24)22-16-13(2)19-17(20-14(16)3)23-8-10-25-11-9-23/h4-7H,8-11H2,1-3H3,(H2,21,22,24). The Hall–Kier alpha value is -2.67. The Bertz CT molecular complexity index is 749. The van der Waals surface area contributed by atoms with Crippen molar-refractivity contribution in [1.82, 2.24) is 9.97 Å². The molecule has 132 valence electrons. The molecule has 0 radical (unpaired) electrons. The van der Waals surface area contributed by atoms with Crippen LogP contribution in [0.4, 0.5) is 22.1 Å². The van der Waals surface area contributed by atoms with Gasteiger partial charge < -0.3 is 20.3 Å². The lowest BCUT2D eigenvalue weighted by Crippen LogP contribution is -2.37. The molecule has 0 saturated carbocycles. The smallest absolute Gasteiger partial charge is 0.323 e. The largest absolute Gasteiger partial charge is 0.378 e. The second-order valence-corrected chi connectivity index (χ2v) is 6.06. The highest BCUT2D eigenvalue weighted by Crippen LogP contribution is 2.22. The molecule has 1 aliphatic rings. The molecule has 2 heterocycles. The van der Waals surface area contributed by atoms with Crippen molar-refractivity contribution in [3.05, 3.63) is 41.2 Å². The number of nitrogens with one attached hydrogen (secondary N) is 2. The summed E-state index contributed by atoms with van der Waals surface area (Å²) in [5, 5.41) is 5.72. The summed E-state index contributed by atoms with van der Waals surface area (Å²) in [5.74, 6) is 0.683. The van der Waals surface area contributed by atoms with Gasteiger partial charge in [-0.3, -0.25) is 0 Å². The summed E-state index contributed by atoms with van der Waals surface area (Å²) in [6.07, 6.45) is 0. The predicted molar refractivity (Wildman–Crippen MR) is 98.4 cm³/mol. The van der Waals surface area contributed by atoms with Gasteiger partial charge in [0.05, 0.1) is 30.3 Å². The highest BCUT2D eigenvalue weighted by Gasteiger charge is 2.18. The van der Waals surface area contributed by atoms with Gasteiger partial charge in [-0.2, -0.15) is 0 Å². The lowest BCUT2D eigenvalue weighted by atomic mass is 10.2. The number of urea groups is 1. The molecule has 0 spiro atoms. The molecular formula is C18H23N5O2. The van der Waals surface area contributed by atoms with Crippen molar-refractivity contribution >= 4 is 23.4 Å². The molecule has 1 fully saturated rings. The third kappa shape index (κ3) is 4.06. The summed E-state index contributed by atoms with van der Waals surface area (Å²) in [4.78, 5) is 23.5. The predicted octanol–water partition coefficient (Wildman–Crippen LogP) is 2.88. The fourth-order valence-electron chi connectivity index (χ4n) is 2.76. The lowest BCUT2D eigenvalue weighted by molar-refractivity contribution is 0.122. The zero-order chi connectivity index (χ0) is 17.8. The second-order valence-electron chi connectivity index (χ2n) is 6.06. The fraction of sp³-hybridized carbons (Fsp3) is 0.389. The maximum atomic E-state index is 12.3. The number of para-hydroxylation sites is 1. The van der Waals surface area contributed by atoms with Crippen LogP contribution in [0.3, 0.4) is 0 Å². The van der Waals surface area contributed by atoms with E-state index in [-0.39, 0.29) is 6.03 Å². The maximum absolute atomic E-state index is 12.3. The number of amides is 2. The Balaban J connectivity index is 1.74. The van der Waals surface area contributed by atoms with E-state index in [1.54, 1.807) is 0 Å². The van der Waals surface area contributed by atoms with Crippen LogP contribution in [0.15, 0.2) is 24.3 Å². The van der Waals surface area contributed by atoms with Gasteiger partial charge in [-0.15, -0.1) is 0 Å². The maximum Gasteiger partial charge on any atom is 0.323 e. The van der Waals surface area contributed by atoms with Gasteiger partial charge in [-0.25, -0.2) is 14.8 Å². The normalized spacial score (nSPS) is 14.3.